The molecule has 3 N–H and O–H groups in total. The Balaban J connectivity index is 0.000000200. The smallest absolute Gasteiger partial charge is 0.306 e. The van der Waals surface area contributed by atoms with Crippen LogP contribution in [0, 0.1) is 5.92 Å². The summed E-state index contributed by atoms with van der Waals surface area (Å²) in [5.74, 6) is -0.627. The molecule has 6 heteroatoms. The van der Waals surface area contributed by atoms with Crippen molar-refractivity contribution in [2.24, 2.45) is 5.92 Å². The van der Waals surface area contributed by atoms with Crippen molar-refractivity contribution in [1.82, 2.24) is 15.5 Å². The molecule has 2 fully saturated rings. The van der Waals surface area contributed by atoms with Crippen LogP contribution in [0.3, 0.4) is 0 Å². The first-order valence-corrected chi connectivity index (χ1v) is 6.98. The van der Waals surface area contributed by atoms with Crippen LogP contribution in [-0.2, 0) is 9.59 Å². The van der Waals surface area contributed by atoms with E-state index in [0.29, 0.717) is 6.04 Å². The normalized spacial score (nSPS) is 23.6. The molecule has 2 aliphatic rings. The minimum Gasteiger partial charge on any atom is -0.481 e. The van der Waals surface area contributed by atoms with E-state index in [4.69, 9.17) is 5.11 Å². The van der Waals surface area contributed by atoms with Gasteiger partial charge in [0.05, 0.1) is 12.0 Å². The lowest BCUT2D eigenvalue weighted by molar-refractivity contribution is -0.141. The highest BCUT2D eigenvalue weighted by molar-refractivity contribution is 5.70. The summed E-state index contributed by atoms with van der Waals surface area (Å²) in [6, 6.07) is 0.325. The van der Waals surface area contributed by atoms with E-state index in [1.54, 1.807) is 0 Å². The number of carbonyl (C=O) groups is 2. The van der Waals surface area contributed by atoms with Gasteiger partial charge in [0.2, 0.25) is 6.41 Å². The molecular formula is C13H25N3O3. The summed E-state index contributed by atoms with van der Waals surface area (Å²) in [5, 5.41) is 14.7. The Morgan fingerprint density at radius 3 is 2.63 bits per heavy atom. The Kier molecular flexibility index (Phi) is 7.43. The first-order chi connectivity index (χ1) is 9.19. The maximum absolute atomic E-state index is 10.5. The number of likely N-dealkylation sites (N-methyl/N-ethyl adjacent to an activating group) is 1. The van der Waals surface area contributed by atoms with Crippen LogP contribution in [0.5, 0.6) is 0 Å². The topological polar surface area (TPSA) is 81.7 Å². The van der Waals surface area contributed by atoms with Crippen molar-refractivity contribution < 1.29 is 14.7 Å². The van der Waals surface area contributed by atoms with Crippen LogP contribution < -0.4 is 10.6 Å². The molecule has 6 nitrogen and oxygen atoms in total. The van der Waals surface area contributed by atoms with Crippen LogP contribution in [0.2, 0.25) is 0 Å². The molecule has 1 aliphatic carbocycles. The molecule has 1 amide bonds. The van der Waals surface area contributed by atoms with Crippen molar-refractivity contribution in [3.63, 3.8) is 0 Å². The number of nitrogens with one attached hydrogen (secondary N) is 2. The van der Waals surface area contributed by atoms with Crippen LogP contribution in [0.15, 0.2) is 0 Å². The molecule has 1 saturated heterocycles. The number of nitrogens with zero attached hydrogens (tertiary/aromatic N) is 1. The predicted octanol–water partition coefficient (Wildman–Crippen LogP) is -0.103. The highest BCUT2D eigenvalue weighted by atomic mass is 16.4. The summed E-state index contributed by atoms with van der Waals surface area (Å²) in [5.41, 5.74) is 0. The maximum Gasteiger partial charge on any atom is 0.306 e. The molecular weight excluding hydrogens is 246 g/mol. The van der Waals surface area contributed by atoms with Gasteiger partial charge in [-0.25, -0.2) is 0 Å². The number of carbonyl (C=O) groups excluding carboxylic acids is 1. The van der Waals surface area contributed by atoms with Gasteiger partial charge in [0, 0.05) is 26.2 Å². The molecule has 0 aromatic rings. The fraction of sp³-hybridized carbons (Fsp3) is 0.846. The molecule has 1 unspecified atom stereocenters. The van der Waals surface area contributed by atoms with Crippen molar-refractivity contribution in [2.45, 2.75) is 31.7 Å². The Morgan fingerprint density at radius 2 is 2.16 bits per heavy atom. The molecule has 1 saturated carbocycles. The second-order valence-corrected chi connectivity index (χ2v) is 5.08. The molecule has 0 radical (unpaired) electrons. The molecule has 1 atom stereocenters. The molecule has 0 spiro atoms. The van der Waals surface area contributed by atoms with Gasteiger partial charge in [-0.3, -0.25) is 9.59 Å². The van der Waals surface area contributed by atoms with Crippen molar-refractivity contribution in [1.29, 1.82) is 0 Å². The third-order valence-corrected chi connectivity index (χ3v) is 3.68. The van der Waals surface area contributed by atoms with Crippen LogP contribution >= 0.6 is 0 Å². The van der Waals surface area contributed by atoms with E-state index in [9.17, 15) is 9.59 Å². The van der Waals surface area contributed by atoms with E-state index in [1.165, 1.54) is 0 Å². The van der Waals surface area contributed by atoms with Crippen LogP contribution in [-0.4, -0.2) is 61.7 Å². The van der Waals surface area contributed by atoms with E-state index in [2.05, 4.69) is 10.6 Å². The zero-order valence-corrected chi connectivity index (χ0v) is 11.6. The van der Waals surface area contributed by atoms with Crippen molar-refractivity contribution in [2.75, 3.05) is 33.2 Å². The molecule has 19 heavy (non-hydrogen) atoms. The van der Waals surface area contributed by atoms with E-state index in [1.807, 2.05) is 11.9 Å². The van der Waals surface area contributed by atoms with Crippen molar-refractivity contribution in [3.05, 3.63) is 0 Å². The monoisotopic (exact) mass is 271 g/mol. The molecule has 1 heterocycles. The van der Waals surface area contributed by atoms with Gasteiger partial charge >= 0.3 is 5.97 Å². The summed E-state index contributed by atoms with van der Waals surface area (Å²) in [7, 11) is 1.90. The Labute approximate surface area is 114 Å². The summed E-state index contributed by atoms with van der Waals surface area (Å²) in [6.07, 6.45) is 4.95. The third-order valence-electron chi connectivity index (χ3n) is 3.68. The number of hydrogen-bond donors (Lipinski definition) is 3. The minimum absolute atomic E-state index is 0.0185. The Morgan fingerprint density at radius 1 is 1.47 bits per heavy atom. The standard InChI is InChI=1S/C7H15N3O.C6H10O2/c1-8-4-7-5-9-2-3-10(7)6-11;7-6(8)5-3-1-2-4-5/h6-9H,2-5H2,1H3;5H,1-4H2,(H,7,8). The first-order valence-electron chi connectivity index (χ1n) is 6.98. The highest BCUT2D eigenvalue weighted by Crippen LogP contribution is 2.24. The summed E-state index contributed by atoms with van der Waals surface area (Å²) in [4.78, 5) is 22.6. The van der Waals surface area contributed by atoms with Crippen LogP contribution in [0.25, 0.3) is 0 Å². The summed E-state index contributed by atoms with van der Waals surface area (Å²) < 4.78 is 0. The van der Waals surface area contributed by atoms with Crippen LogP contribution in [0.4, 0.5) is 0 Å². The largest absolute Gasteiger partial charge is 0.481 e. The van der Waals surface area contributed by atoms with Gasteiger partial charge in [0.25, 0.3) is 0 Å². The zero-order valence-electron chi connectivity index (χ0n) is 11.6. The molecule has 0 bridgehead atoms. The third kappa shape index (κ3) is 5.57. The number of rotatable bonds is 4. The highest BCUT2D eigenvalue weighted by Gasteiger charge is 2.21. The average molecular weight is 271 g/mol. The number of piperazine rings is 1. The second kappa shape index (κ2) is 8.87. The molecule has 0 aromatic carbocycles. The van der Waals surface area contributed by atoms with Gasteiger partial charge < -0.3 is 20.6 Å². The van der Waals surface area contributed by atoms with Gasteiger partial charge in [-0.05, 0) is 19.9 Å². The minimum atomic E-state index is -0.609. The number of carboxylic acids is 1. The first kappa shape index (κ1) is 15.9. The van der Waals surface area contributed by atoms with Crippen LogP contribution in [0.1, 0.15) is 25.7 Å². The van der Waals surface area contributed by atoms with Gasteiger partial charge in [0.15, 0.2) is 0 Å². The van der Waals surface area contributed by atoms with E-state index < -0.39 is 5.97 Å². The van der Waals surface area contributed by atoms with E-state index in [-0.39, 0.29) is 5.92 Å². The quantitative estimate of drug-likeness (QED) is 0.622. The molecule has 110 valence electrons. The summed E-state index contributed by atoms with van der Waals surface area (Å²) >= 11 is 0. The van der Waals surface area contributed by atoms with Gasteiger partial charge in [-0.1, -0.05) is 12.8 Å². The van der Waals surface area contributed by atoms with E-state index >= 15 is 0 Å². The maximum atomic E-state index is 10.5. The van der Waals surface area contributed by atoms with E-state index in [0.717, 1.165) is 58.3 Å². The average Bonchev–Trinajstić information content (AvgIpc) is 2.95. The molecule has 2 rings (SSSR count). The Bertz CT molecular complexity index is 278. The lowest BCUT2D eigenvalue weighted by atomic mass is 10.1. The Hall–Kier alpha value is -1.14. The lowest BCUT2D eigenvalue weighted by Gasteiger charge is -2.33. The fourth-order valence-corrected chi connectivity index (χ4v) is 2.51. The van der Waals surface area contributed by atoms with Gasteiger partial charge in [-0.2, -0.15) is 0 Å². The zero-order chi connectivity index (χ0) is 14.1. The van der Waals surface area contributed by atoms with Gasteiger partial charge in [-0.15, -0.1) is 0 Å². The fourth-order valence-electron chi connectivity index (χ4n) is 2.51. The SMILES string of the molecule is CNCC1CNCCN1C=O.O=C(O)C1CCCC1. The van der Waals surface area contributed by atoms with Crippen molar-refractivity contribution in [3.8, 4) is 0 Å². The second-order valence-electron chi connectivity index (χ2n) is 5.08. The van der Waals surface area contributed by atoms with Crippen molar-refractivity contribution >= 4 is 12.4 Å². The molecule has 1 aliphatic heterocycles. The molecule has 0 aromatic heterocycles. The predicted molar refractivity (Wildman–Crippen MR) is 72.9 cm³/mol. The number of amides is 1. The number of carboxylic acid groups (broad SMARTS) is 1. The number of aliphatic carboxylic acids is 1. The number of hydrogen-bond acceptors (Lipinski definition) is 4. The lowest BCUT2D eigenvalue weighted by Crippen LogP contribution is -2.54. The summed E-state index contributed by atoms with van der Waals surface area (Å²) in [6.45, 7) is 3.51. The van der Waals surface area contributed by atoms with Gasteiger partial charge in [0.1, 0.15) is 0 Å².